The van der Waals surface area contributed by atoms with Crippen LogP contribution in [0.5, 0.6) is 0 Å². The summed E-state index contributed by atoms with van der Waals surface area (Å²) in [6.45, 7) is 5.90. The number of unbranched alkanes of at least 4 members (excludes halogenated alkanes) is 12. The first kappa shape index (κ1) is 30.4. The molecule has 7 heteroatoms. The smallest absolute Gasteiger partial charge is 0.327 e. The monoisotopic (exact) mass is 480 g/mol. The standard InChI is InChI=1S/C27H52N4O3/c1-3-5-7-8-9-10-11-12-13-14-15-19-25(32)29-24(18-16-17-20-28)22-30-23-26(33)31(27(30)34)21-6-4-2/h24H,3-23,28H2,1-2H3,(H,29,32). The molecule has 3 N–H and O–H groups in total. The highest BCUT2D eigenvalue weighted by Gasteiger charge is 2.36. The summed E-state index contributed by atoms with van der Waals surface area (Å²) >= 11 is 0. The van der Waals surface area contributed by atoms with Crippen LogP contribution in [0.3, 0.4) is 0 Å². The van der Waals surface area contributed by atoms with Crippen LogP contribution in [-0.2, 0) is 9.59 Å². The molecule has 0 aromatic heterocycles. The maximum atomic E-state index is 12.7. The minimum atomic E-state index is -0.220. The molecule has 1 heterocycles. The number of urea groups is 1. The van der Waals surface area contributed by atoms with Crippen molar-refractivity contribution in [1.82, 2.24) is 15.1 Å². The van der Waals surface area contributed by atoms with Gasteiger partial charge in [0.1, 0.15) is 6.54 Å². The van der Waals surface area contributed by atoms with E-state index in [4.69, 9.17) is 5.73 Å². The van der Waals surface area contributed by atoms with E-state index in [0.29, 0.717) is 26.1 Å². The van der Waals surface area contributed by atoms with Crippen molar-refractivity contribution in [3.63, 3.8) is 0 Å². The van der Waals surface area contributed by atoms with E-state index in [2.05, 4.69) is 12.2 Å². The van der Waals surface area contributed by atoms with Gasteiger partial charge in [-0.2, -0.15) is 0 Å². The molecule has 1 fully saturated rings. The summed E-state index contributed by atoms with van der Waals surface area (Å²) in [6.07, 6.45) is 18.7. The highest BCUT2D eigenvalue weighted by molar-refractivity contribution is 6.02. The van der Waals surface area contributed by atoms with Gasteiger partial charge in [0.2, 0.25) is 11.8 Å². The number of imide groups is 1. The molecule has 0 saturated carbocycles. The van der Waals surface area contributed by atoms with Crippen molar-refractivity contribution in [1.29, 1.82) is 0 Å². The number of nitrogens with two attached hydrogens (primary N) is 1. The Morgan fingerprint density at radius 2 is 1.44 bits per heavy atom. The second-order valence-corrected chi connectivity index (χ2v) is 9.90. The highest BCUT2D eigenvalue weighted by Crippen LogP contribution is 2.15. The van der Waals surface area contributed by atoms with Crippen LogP contribution in [0.4, 0.5) is 4.79 Å². The Bertz CT molecular complexity index is 570. The highest BCUT2D eigenvalue weighted by atomic mass is 16.2. The van der Waals surface area contributed by atoms with Crippen molar-refractivity contribution in [2.45, 2.75) is 129 Å². The van der Waals surface area contributed by atoms with Crippen molar-refractivity contribution in [2.24, 2.45) is 5.73 Å². The topological polar surface area (TPSA) is 95.7 Å². The lowest BCUT2D eigenvalue weighted by Gasteiger charge is -2.24. The Labute approximate surface area is 208 Å². The quantitative estimate of drug-likeness (QED) is 0.161. The first-order valence-corrected chi connectivity index (χ1v) is 14.1. The van der Waals surface area contributed by atoms with Gasteiger partial charge in [0, 0.05) is 25.6 Å². The lowest BCUT2D eigenvalue weighted by atomic mass is 10.0. The summed E-state index contributed by atoms with van der Waals surface area (Å²) in [5.41, 5.74) is 5.63. The third kappa shape index (κ3) is 13.3. The summed E-state index contributed by atoms with van der Waals surface area (Å²) in [6, 6.07) is -0.350. The molecule has 0 spiro atoms. The average molecular weight is 481 g/mol. The van der Waals surface area contributed by atoms with Gasteiger partial charge in [-0.05, 0) is 32.2 Å². The molecule has 1 rings (SSSR count). The minimum absolute atomic E-state index is 0.0504. The van der Waals surface area contributed by atoms with E-state index in [0.717, 1.165) is 44.9 Å². The second-order valence-electron chi connectivity index (χ2n) is 9.90. The normalized spacial score (nSPS) is 14.8. The van der Waals surface area contributed by atoms with Crippen LogP contribution in [0.25, 0.3) is 0 Å². The maximum absolute atomic E-state index is 12.7. The van der Waals surface area contributed by atoms with E-state index in [9.17, 15) is 14.4 Å². The molecule has 4 amide bonds. The SMILES string of the molecule is CCCCCCCCCCCCCC(=O)NC(CCCCN)CN1CC(=O)N(CCCC)C1=O. The predicted molar refractivity (Wildman–Crippen MR) is 140 cm³/mol. The summed E-state index contributed by atoms with van der Waals surface area (Å²) in [4.78, 5) is 40.4. The van der Waals surface area contributed by atoms with E-state index >= 15 is 0 Å². The molecule has 1 aliphatic rings. The lowest BCUT2D eigenvalue weighted by molar-refractivity contribution is -0.125. The molecule has 0 bridgehead atoms. The van der Waals surface area contributed by atoms with E-state index < -0.39 is 0 Å². The van der Waals surface area contributed by atoms with Gasteiger partial charge in [0.05, 0.1) is 0 Å². The molecular weight excluding hydrogens is 428 g/mol. The fourth-order valence-electron chi connectivity index (χ4n) is 4.53. The summed E-state index contributed by atoms with van der Waals surface area (Å²) in [5, 5.41) is 3.13. The number of nitrogens with zero attached hydrogens (tertiary/aromatic N) is 2. The number of amides is 4. The van der Waals surface area contributed by atoms with Crippen molar-refractivity contribution in [2.75, 3.05) is 26.2 Å². The van der Waals surface area contributed by atoms with Crippen LogP contribution >= 0.6 is 0 Å². The van der Waals surface area contributed by atoms with Crippen molar-refractivity contribution in [3.8, 4) is 0 Å². The van der Waals surface area contributed by atoms with E-state index in [1.54, 1.807) is 4.90 Å². The number of rotatable bonds is 22. The average Bonchev–Trinajstić information content (AvgIpc) is 3.08. The summed E-state index contributed by atoms with van der Waals surface area (Å²) in [5.74, 6) is -0.0825. The number of nitrogens with one attached hydrogen (secondary N) is 1. The van der Waals surface area contributed by atoms with Gasteiger partial charge in [0.15, 0.2) is 0 Å². The van der Waals surface area contributed by atoms with E-state index in [1.165, 1.54) is 62.7 Å². The van der Waals surface area contributed by atoms with Gasteiger partial charge in [0.25, 0.3) is 0 Å². The van der Waals surface area contributed by atoms with Crippen LogP contribution in [-0.4, -0.2) is 59.9 Å². The fourth-order valence-corrected chi connectivity index (χ4v) is 4.53. The Balaban J connectivity index is 2.30. The molecule has 0 aliphatic carbocycles. The van der Waals surface area contributed by atoms with Gasteiger partial charge in [-0.15, -0.1) is 0 Å². The van der Waals surface area contributed by atoms with Gasteiger partial charge in [-0.25, -0.2) is 4.79 Å². The van der Waals surface area contributed by atoms with Gasteiger partial charge < -0.3 is 16.0 Å². The van der Waals surface area contributed by atoms with Crippen LogP contribution in [0, 0.1) is 0 Å². The maximum Gasteiger partial charge on any atom is 0.327 e. The minimum Gasteiger partial charge on any atom is -0.352 e. The first-order valence-electron chi connectivity index (χ1n) is 14.1. The number of carbonyl (C=O) groups is 3. The number of hydrogen-bond donors (Lipinski definition) is 2. The van der Waals surface area contributed by atoms with Crippen LogP contribution in [0.2, 0.25) is 0 Å². The fraction of sp³-hybridized carbons (Fsp3) is 0.889. The molecule has 7 nitrogen and oxygen atoms in total. The molecule has 0 aromatic rings. The Morgan fingerprint density at radius 3 is 2.03 bits per heavy atom. The Kier molecular flexibility index (Phi) is 17.6. The van der Waals surface area contributed by atoms with Gasteiger partial charge >= 0.3 is 6.03 Å². The molecule has 1 unspecified atom stereocenters. The molecule has 1 saturated heterocycles. The van der Waals surface area contributed by atoms with Crippen LogP contribution in [0.1, 0.15) is 123 Å². The first-order chi connectivity index (χ1) is 16.5. The zero-order valence-electron chi connectivity index (χ0n) is 22.1. The van der Waals surface area contributed by atoms with Crippen molar-refractivity contribution >= 4 is 17.8 Å². The molecule has 34 heavy (non-hydrogen) atoms. The summed E-state index contributed by atoms with van der Waals surface area (Å²) < 4.78 is 0. The lowest BCUT2D eigenvalue weighted by Crippen LogP contribution is -2.45. The Hall–Kier alpha value is -1.63. The van der Waals surface area contributed by atoms with Crippen LogP contribution < -0.4 is 11.1 Å². The number of hydrogen-bond acceptors (Lipinski definition) is 4. The Morgan fingerprint density at radius 1 is 0.853 bits per heavy atom. The van der Waals surface area contributed by atoms with Crippen molar-refractivity contribution < 1.29 is 14.4 Å². The summed E-state index contributed by atoms with van der Waals surface area (Å²) in [7, 11) is 0. The van der Waals surface area contributed by atoms with E-state index in [1.807, 2.05) is 6.92 Å². The molecule has 0 aromatic carbocycles. The third-order valence-electron chi connectivity index (χ3n) is 6.68. The largest absolute Gasteiger partial charge is 0.352 e. The third-order valence-corrected chi connectivity index (χ3v) is 6.68. The predicted octanol–water partition coefficient (Wildman–Crippen LogP) is 5.37. The van der Waals surface area contributed by atoms with Crippen LogP contribution in [0.15, 0.2) is 0 Å². The molecule has 1 aliphatic heterocycles. The van der Waals surface area contributed by atoms with E-state index in [-0.39, 0.29) is 30.4 Å². The molecule has 0 radical (unpaired) electrons. The number of carbonyl (C=O) groups excluding carboxylic acids is 3. The zero-order valence-corrected chi connectivity index (χ0v) is 22.1. The zero-order chi connectivity index (χ0) is 25.0. The van der Waals surface area contributed by atoms with Gasteiger partial charge in [-0.1, -0.05) is 90.9 Å². The van der Waals surface area contributed by atoms with Crippen molar-refractivity contribution in [3.05, 3.63) is 0 Å². The second kappa shape index (κ2) is 19.7. The van der Waals surface area contributed by atoms with Gasteiger partial charge in [-0.3, -0.25) is 14.5 Å². The molecule has 1 atom stereocenters. The molecular formula is C27H52N4O3. The molecule has 198 valence electrons.